The molecule has 0 aromatic carbocycles. The standard InChI is InChI=1S/C24H27FN6O2/c1-3-14-10-18-22(29-23(14)32)21(25)15(11-27-18)13-30-8-9-31(20-7-6-19(20)30)16-4-5-17(28-12-16)24(33)26-2/h4-5,10-12,19-20H,3,6-9,13H2,1-2H3,(H,26,33)(H,29,32)/t19-,20+/m0/s1. The van der Waals surface area contributed by atoms with Crippen LogP contribution in [0.4, 0.5) is 10.1 Å². The number of aromatic nitrogens is 3. The number of H-pyrrole nitrogens is 1. The van der Waals surface area contributed by atoms with Crippen molar-refractivity contribution in [2.45, 2.75) is 44.8 Å². The third-order valence-electron chi connectivity index (χ3n) is 6.95. The number of anilines is 1. The first kappa shape index (κ1) is 21.5. The third-order valence-corrected chi connectivity index (χ3v) is 6.95. The predicted octanol–water partition coefficient (Wildman–Crippen LogP) is 2.23. The van der Waals surface area contributed by atoms with E-state index >= 15 is 4.39 Å². The van der Waals surface area contributed by atoms with Crippen LogP contribution in [-0.4, -0.2) is 58.0 Å². The highest BCUT2D eigenvalue weighted by molar-refractivity contribution is 5.92. The second-order valence-electron chi connectivity index (χ2n) is 8.69. The predicted molar refractivity (Wildman–Crippen MR) is 124 cm³/mol. The zero-order valence-corrected chi connectivity index (χ0v) is 18.8. The molecule has 1 aliphatic heterocycles. The van der Waals surface area contributed by atoms with Crippen molar-refractivity contribution in [1.29, 1.82) is 0 Å². The SMILES string of the molecule is CCc1cc2ncc(CN3CCN(c4ccc(C(=O)NC)nc4)[C@@H]4CC[C@@H]43)c(F)c2[nH]c1=O. The topological polar surface area (TPSA) is 94.2 Å². The Morgan fingerprint density at radius 1 is 1.18 bits per heavy atom. The van der Waals surface area contributed by atoms with E-state index in [9.17, 15) is 9.59 Å². The highest BCUT2D eigenvalue weighted by Gasteiger charge is 2.43. The third kappa shape index (κ3) is 3.76. The average Bonchev–Trinajstić information content (AvgIpc) is 2.81. The number of nitrogens with one attached hydrogen (secondary N) is 2. The van der Waals surface area contributed by atoms with Crippen LogP contribution in [-0.2, 0) is 13.0 Å². The molecule has 3 aromatic rings. The van der Waals surface area contributed by atoms with Crippen LogP contribution in [0.1, 0.15) is 41.4 Å². The number of aromatic amines is 1. The van der Waals surface area contributed by atoms with Crippen molar-refractivity contribution in [1.82, 2.24) is 25.2 Å². The Bertz CT molecular complexity index is 1260. The first-order valence-electron chi connectivity index (χ1n) is 11.4. The van der Waals surface area contributed by atoms with Gasteiger partial charge in [0, 0.05) is 56.1 Å². The molecule has 8 nitrogen and oxygen atoms in total. The lowest BCUT2D eigenvalue weighted by atomic mass is 9.81. The molecule has 172 valence electrons. The highest BCUT2D eigenvalue weighted by Crippen LogP contribution is 2.37. The number of rotatable bonds is 5. The van der Waals surface area contributed by atoms with Crippen molar-refractivity contribution in [3.05, 3.63) is 63.6 Å². The minimum absolute atomic E-state index is 0.181. The lowest BCUT2D eigenvalue weighted by Gasteiger charge is -2.54. The van der Waals surface area contributed by atoms with Gasteiger partial charge < -0.3 is 15.2 Å². The molecule has 2 aliphatic rings. The number of carbonyl (C=O) groups excluding carboxylic acids is 1. The van der Waals surface area contributed by atoms with Crippen molar-refractivity contribution < 1.29 is 9.18 Å². The van der Waals surface area contributed by atoms with Crippen molar-refractivity contribution in [2.75, 3.05) is 25.0 Å². The van der Waals surface area contributed by atoms with Gasteiger partial charge in [-0.15, -0.1) is 0 Å². The van der Waals surface area contributed by atoms with Gasteiger partial charge in [0.25, 0.3) is 11.5 Å². The van der Waals surface area contributed by atoms with Gasteiger partial charge in [-0.25, -0.2) is 9.37 Å². The fourth-order valence-electron chi connectivity index (χ4n) is 4.94. The molecule has 33 heavy (non-hydrogen) atoms. The maximum absolute atomic E-state index is 15.3. The Hall–Kier alpha value is -3.33. The zero-order chi connectivity index (χ0) is 23.1. The quantitative estimate of drug-likeness (QED) is 0.619. The summed E-state index contributed by atoms with van der Waals surface area (Å²) < 4.78 is 15.3. The highest BCUT2D eigenvalue weighted by atomic mass is 19.1. The molecule has 5 rings (SSSR count). The van der Waals surface area contributed by atoms with Crippen molar-refractivity contribution in [3.8, 4) is 0 Å². The first-order chi connectivity index (χ1) is 16.0. The molecule has 2 fully saturated rings. The second-order valence-corrected chi connectivity index (χ2v) is 8.69. The molecule has 9 heteroatoms. The summed E-state index contributed by atoms with van der Waals surface area (Å²) in [5, 5.41) is 2.58. The fourth-order valence-corrected chi connectivity index (χ4v) is 4.94. The number of pyridine rings is 3. The van der Waals surface area contributed by atoms with Crippen molar-refractivity contribution in [2.24, 2.45) is 0 Å². The summed E-state index contributed by atoms with van der Waals surface area (Å²) in [5.41, 5.74) is 2.90. The normalized spacial score (nSPS) is 20.4. The minimum Gasteiger partial charge on any atom is -0.364 e. The fraction of sp³-hybridized carbons (Fsp3) is 0.417. The van der Waals surface area contributed by atoms with E-state index in [1.807, 2.05) is 13.0 Å². The molecule has 1 saturated heterocycles. The molecule has 0 bridgehead atoms. The molecule has 2 N–H and O–H groups in total. The Labute approximate surface area is 190 Å². The van der Waals surface area contributed by atoms with Gasteiger partial charge in [-0.3, -0.25) is 19.5 Å². The Kier molecular flexibility index (Phi) is 5.57. The van der Waals surface area contributed by atoms with E-state index in [1.165, 1.54) is 0 Å². The van der Waals surface area contributed by atoms with E-state index in [4.69, 9.17) is 0 Å². The molecular formula is C24H27FN6O2. The van der Waals surface area contributed by atoms with E-state index in [1.54, 1.807) is 31.6 Å². The van der Waals surface area contributed by atoms with Gasteiger partial charge in [0.2, 0.25) is 0 Å². The van der Waals surface area contributed by atoms with Gasteiger partial charge in [0.15, 0.2) is 5.82 Å². The molecule has 4 heterocycles. The van der Waals surface area contributed by atoms with Crippen molar-refractivity contribution >= 4 is 22.6 Å². The number of amides is 1. The number of hydrogen-bond acceptors (Lipinski definition) is 6. The van der Waals surface area contributed by atoms with E-state index in [0.717, 1.165) is 31.6 Å². The van der Waals surface area contributed by atoms with Crippen LogP contribution >= 0.6 is 0 Å². The van der Waals surface area contributed by atoms with E-state index in [2.05, 4.69) is 30.1 Å². The lowest BCUT2D eigenvalue weighted by Crippen LogP contribution is -2.64. The molecule has 3 aromatic heterocycles. The molecule has 0 radical (unpaired) electrons. The lowest BCUT2D eigenvalue weighted by molar-refractivity contribution is 0.0649. The molecule has 1 aliphatic carbocycles. The van der Waals surface area contributed by atoms with Gasteiger partial charge in [-0.1, -0.05) is 6.92 Å². The monoisotopic (exact) mass is 450 g/mol. The van der Waals surface area contributed by atoms with E-state index < -0.39 is 5.82 Å². The average molecular weight is 451 g/mol. The summed E-state index contributed by atoms with van der Waals surface area (Å²) in [5.74, 6) is -0.599. The molecule has 0 unspecified atom stereocenters. The van der Waals surface area contributed by atoms with Crippen LogP contribution in [0.25, 0.3) is 11.0 Å². The van der Waals surface area contributed by atoms with Crippen LogP contribution < -0.4 is 15.8 Å². The Morgan fingerprint density at radius 2 is 2.00 bits per heavy atom. The van der Waals surface area contributed by atoms with Crippen LogP contribution in [0.3, 0.4) is 0 Å². The van der Waals surface area contributed by atoms with Gasteiger partial charge in [0.1, 0.15) is 11.2 Å². The minimum atomic E-state index is -0.396. The summed E-state index contributed by atoms with van der Waals surface area (Å²) >= 11 is 0. The molecule has 1 amide bonds. The summed E-state index contributed by atoms with van der Waals surface area (Å²) in [7, 11) is 1.59. The summed E-state index contributed by atoms with van der Waals surface area (Å²) in [6.45, 7) is 3.92. The number of halogens is 1. The van der Waals surface area contributed by atoms with Crippen molar-refractivity contribution in [3.63, 3.8) is 0 Å². The first-order valence-corrected chi connectivity index (χ1v) is 11.4. The van der Waals surface area contributed by atoms with E-state index in [-0.39, 0.29) is 17.0 Å². The van der Waals surface area contributed by atoms with Gasteiger partial charge in [-0.05, 0) is 37.5 Å². The smallest absolute Gasteiger partial charge is 0.269 e. The van der Waals surface area contributed by atoms with Gasteiger partial charge in [-0.2, -0.15) is 0 Å². The van der Waals surface area contributed by atoms with Crippen LogP contribution in [0.15, 0.2) is 35.4 Å². The second kappa shape index (κ2) is 8.55. The molecular weight excluding hydrogens is 423 g/mol. The number of fused-ring (bicyclic) bond motifs is 2. The number of nitrogens with zero attached hydrogens (tertiary/aromatic N) is 4. The van der Waals surface area contributed by atoms with Gasteiger partial charge >= 0.3 is 0 Å². The van der Waals surface area contributed by atoms with Gasteiger partial charge in [0.05, 0.1) is 17.4 Å². The number of piperazine rings is 1. The van der Waals surface area contributed by atoms with E-state index in [0.29, 0.717) is 47.4 Å². The van der Waals surface area contributed by atoms with Crippen LogP contribution in [0.5, 0.6) is 0 Å². The Morgan fingerprint density at radius 3 is 2.67 bits per heavy atom. The number of aryl methyl sites for hydroxylation is 1. The molecule has 2 atom stereocenters. The maximum atomic E-state index is 15.3. The zero-order valence-electron chi connectivity index (χ0n) is 18.8. The maximum Gasteiger partial charge on any atom is 0.269 e. The summed E-state index contributed by atoms with van der Waals surface area (Å²) in [4.78, 5) is 40.0. The van der Waals surface area contributed by atoms with Crippen LogP contribution in [0, 0.1) is 5.82 Å². The molecule has 1 saturated carbocycles. The largest absolute Gasteiger partial charge is 0.364 e. The summed E-state index contributed by atoms with van der Waals surface area (Å²) in [6, 6.07) is 6.00. The summed E-state index contributed by atoms with van der Waals surface area (Å²) in [6.07, 6.45) is 6.03. The number of hydrogen-bond donors (Lipinski definition) is 2. The Balaban J connectivity index is 1.34. The molecule has 0 spiro atoms. The number of carbonyl (C=O) groups is 1. The van der Waals surface area contributed by atoms with Crippen LogP contribution in [0.2, 0.25) is 0 Å².